The van der Waals surface area contributed by atoms with E-state index in [1.165, 1.54) is 53.2 Å². The number of esters is 1. The summed E-state index contributed by atoms with van der Waals surface area (Å²) in [5.74, 6) is -1.18. The van der Waals surface area contributed by atoms with Crippen molar-refractivity contribution in [2.45, 2.75) is 17.9 Å². The molecule has 50 heavy (non-hydrogen) atoms. The lowest BCUT2D eigenvalue weighted by atomic mass is 9.93. The molecule has 0 saturated carbocycles. The van der Waals surface area contributed by atoms with Crippen LogP contribution in [0.2, 0.25) is 0 Å². The van der Waals surface area contributed by atoms with Gasteiger partial charge in [0.05, 0.1) is 43.8 Å². The molecule has 0 fully saturated rings. The summed E-state index contributed by atoms with van der Waals surface area (Å²) >= 11 is 1.04. The molecule has 7 rings (SSSR count). The number of ether oxygens (including phenoxy) is 1. The van der Waals surface area contributed by atoms with E-state index in [1.807, 2.05) is 6.07 Å². The second-order valence-corrected chi connectivity index (χ2v) is 14.0. The van der Waals surface area contributed by atoms with Crippen LogP contribution >= 0.6 is 11.3 Å². The molecule has 1 aliphatic rings. The van der Waals surface area contributed by atoms with Crippen LogP contribution in [0.25, 0.3) is 22.7 Å². The van der Waals surface area contributed by atoms with Gasteiger partial charge in [-0.1, -0.05) is 78.1 Å². The maximum absolute atomic E-state index is 14.3. The van der Waals surface area contributed by atoms with Crippen LogP contribution in [0, 0.1) is 15.9 Å². The first kappa shape index (κ1) is 32.6. The fourth-order valence-corrected chi connectivity index (χ4v) is 8.31. The van der Waals surface area contributed by atoms with Gasteiger partial charge in [0.25, 0.3) is 21.3 Å². The average molecular weight is 709 g/mol. The number of nitro groups is 1. The van der Waals surface area contributed by atoms with Crippen LogP contribution in [0.3, 0.4) is 0 Å². The molecule has 0 N–H and O–H groups in total. The predicted octanol–water partition coefficient (Wildman–Crippen LogP) is 5.17. The summed E-state index contributed by atoms with van der Waals surface area (Å²) in [6, 6.07) is 24.8. The molecule has 0 spiro atoms. The van der Waals surface area contributed by atoms with Crippen LogP contribution in [-0.2, 0) is 19.6 Å². The van der Waals surface area contributed by atoms with Gasteiger partial charge in [-0.2, -0.15) is 0 Å². The van der Waals surface area contributed by atoms with Crippen molar-refractivity contribution in [1.29, 1.82) is 0 Å². The van der Waals surface area contributed by atoms with Gasteiger partial charge in [0.1, 0.15) is 5.82 Å². The third kappa shape index (κ3) is 5.63. The van der Waals surface area contributed by atoms with E-state index in [-0.39, 0.29) is 37.6 Å². The van der Waals surface area contributed by atoms with Gasteiger partial charge < -0.3 is 4.74 Å². The number of carbonyl (C=O) groups excluding carboxylic acids is 1. The second kappa shape index (κ2) is 12.8. The second-order valence-electron chi connectivity index (χ2n) is 11.1. The Morgan fingerprint density at radius 2 is 1.74 bits per heavy atom. The van der Waals surface area contributed by atoms with Gasteiger partial charge in [0.2, 0.25) is 0 Å². The highest BCUT2D eigenvalue weighted by atomic mass is 32.2. The summed E-state index contributed by atoms with van der Waals surface area (Å²) in [5.41, 5.74) is 1.23. The minimum atomic E-state index is -4.31. The van der Waals surface area contributed by atoms with Crippen LogP contribution in [0.1, 0.15) is 29.7 Å². The van der Waals surface area contributed by atoms with Crippen LogP contribution in [0.4, 0.5) is 10.1 Å². The summed E-state index contributed by atoms with van der Waals surface area (Å²) in [7, 11) is -4.31. The number of carbonyl (C=O) groups is 1. The lowest BCUT2D eigenvalue weighted by Crippen LogP contribution is -2.40. The molecule has 4 aromatic carbocycles. The van der Waals surface area contributed by atoms with Crippen molar-refractivity contribution in [1.82, 2.24) is 8.54 Å². The number of nitro benzene ring substituents is 1. The molecule has 1 aliphatic heterocycles. The van der Waals surface area contributed by atoms with Crippen LogP contribution < -0.4 is 14.9 Å². The Morgan fingerprint density at radius 3 is 2.46 bits per heavy atom. The summed E-state index contributed by atoms with van der Waals surface area (Å²) in [5, 5.41) is 11.9. The first-order valence-corrected chi connectivity index (χ1v) is 17.5. The Balaban J connectivity index is 1.47. The number of hydrogen-bond acceptors (Lipinski definition) is 9. The number of non-ortho nitro benzene ring substituents is 1. The Morgan fingerprint density at radius 1 is 1.02 bits per heavy atom. The fraction of sp³-hybridized carbons (Fsp3) is 0.0833. The van der Waals surface area contributed by atoms with Crippen molar-refractivity contribution in [2.24, 2.45) is 4.99 Å². The van der Waals surface area contributed by atoms with E-state index in [0.717, 1.165) is 21.4 Å². The molecule has 0 radical (unpaired) electrons. The normalized spacial score (nSPS) is 14.8. The number of rotatable bonds is 8. The minimum absolute atomic E-state index is 0.0638. The fourth-order valence-electron chi connectivity index (χ4n) is 5.90. The SMILES string of the molecule is CCOC(=O)C1=C(c2ccccc2)N=c2s/c(=C\c3cn(S(=O)(=O)c4cccc([N+](=O)[O-])c4)c4ccccc34)c(=O)n2[C@@H]1c1ccc(F)cc1. The van der Waals surface area contributed by atoms with Gasteiger partial charge in [0, 0.05) is 34.8 Å². The van der Waals surface area contributed by atoms with E-state index >= 15 is 0 Å². The highest BCUT2D eigenvalue weighted by Gasteiger charge is 2.35. The molecule has 11 nitrogen and oxygen atoms in total. The third-order valence-electron chi connectivity index (χ3n) is 8.14. The molecule has 0 bridgehead atoms. The molecule has 14 heteroatoms. The van der Waals surface area contributed by atoms with Crippen molar-refractivity contribution < 1.29 is 27.3 Å². The number of fused-ring (bicyclic) bond motifs is 2. The molecule has 0 aliphatic carbocycles. The monoisotopic (exact) mass is 708 g/mol. The summed E-state index contributed by atoms with van der Waals surface area (Å²) in [4.78, 5) is 43.5. The Bertz CT molecular complexity index is 2660. The van der Waals surface area contributed by atoms with E-state index < -0.39 is 38.3 Å². The largest absolute Gasteiger partial charge is 0.463 e. The lowest BCUT2D eigenvalue weighted by molar-refractivity contribution is -0.385. The van der Waals surface area contributed by atoms with Crippen molar-refractivity contribution >= 4 is 55.7 Å². The molecular formula is C36H25FN4O7S2. The molecule has 2 aromatic heterocycles. The predicted molar refractivity (Wildman–Crippen MR) is 185 cm³/mol. The zero-order valence-corrected chi connectivity index (χ0v) is 27.7. The van der Waals surface area contributed by atoms with Gasteiger partial charge >= 0.3 is 5.97 Å². The Kier molecular flexibility index (Phi) is 8.33. The van der Waals surface area contributed by atoms with Crippen LogP contribution in [-0.4, -0.2) is 34.5 Å². The number of nitrogens with zero attached hydrogens (tertiary/aromatic N) is 4. The van der Waals surface area contributed by atoms with Crippen LogP contribution in [0.5, 0.6) is 0 Å². The maximum atomic E-state index is 14.3. The van der Waals surface area contributed by atoms with Crippen molar-refractivity contribution in [3.8, 4) is 0 Å². The Labute approximate surface area is 287 Å². The number of halogens is 1. The minimum Gasteiger partial charge on any atom is -0.463 e. The zero-order chi connectivity index (χ0) is 35.2. The molecule has 3 heterocycles. The maximum Gasteiger partial charge on any atom is 0.338 e. The molecule has 6 aromatic rings. The Hall–Kier alpha value is -5.99. The van der Waals surface area contributed by atoms with E-state index in [9.17, 15) is 32.5 Å². The molecule has 0 saturated heterocycles. The van der Waals surface area contributed by atoms with Gasteiger partial charge in [0.15, 0.2) is 4.80 Å². The average Bonchev–Trinajstić information content (AvgIpc) is 3.65. The molecular weight excluding hydrogens is 684 g/mol. The highest BCUT2D eigenvalue weighted by molar-refractivity contribution is 7.90. The number of hydrogen-bond donors (Lipinski definition) is 0. The first-order chi connectivity index (χ1) is 24.1. The zero-order valence-electron chi connectivity index (χ0n) is 26.1. The van der Waals surface area contributed by atoms with Gasteiger partial charge in [-0.25, -0.2) is 26.6 Å². The van der Waals surface area contributed by atoms with E-state index in [1.54, 1.807) is 61.5 Å². The number of aromatic nitrogens is 2. The van der Waals surface area contributed by atoms with Gasteiger partial charge in [-0.15, -0.1) is 0 Å². The third-order valence-corrected chi connectivity index (χ3v) is 10.8. The lowest BCUT2D eigenvalue weighted by Gasteiger charge is -2.25. The van der Waals surface area contributed by atoms with Gasteiger partial charge in [-0.05, 0) is 42.8 Å². The summed E-state index contributed by atoms with van der Waals surface area (Å²) < 4.78 is 49.8. The van der Waals surface area contributed by atoms with E-state index in [2.05, 4.69) is 0 Å². The summed E-state index contributed by atoms with van der Waals surface area (Å²) in [6.45, 7) is 1.73. The molecule has 250 valence electrons. The smallest absolute Gasteiger partial charge is 0.338 e. The van der Waals surface area contributed by atoms with Crippen molar-refractivity contribution in [3.05, 3.63) is 167 Å². The molecule has 0 amide bonds. The summed E-state index contributed by atoms with van der Waals surface area (Å²) in [6.07, 6.45) is 2.90. The number of para-hydroxylation sites is 1. The van der Waals surface area contributed by atoms with E-state index in [4.69, 9.17) is 9.73 Å². The molecule has 0 unspecified atom stereocenters. The quantitative estimate of drug-likeness (QED) is 0.121. The topological polar surface area (TPSA) is 143 Å². The highest BCUT2D eigenvalue weighted by Crippen LogP contribution is 2.35. The molecule has 1 atom stereocenters. The van der Waals surface area contributed by atoms with Gasteiger partial charge in [-0.3, -0.25) is 19.5 Å². The van der Waals surface area contributed by atoms with Crippen molar-refractivity contribution in [3.63, 3.8) is 0 Å². The standard InChI is InChI=1S/C36H25FN4O7S2/c1-2-48-35(43)31-32(22-9-4-3-5-10-22)38-36-40(33(31)23-15-17-25(37)18-16-23)34(42)30(49-36)19-24-21-39(29-14-7-6-13-28(24)29)50(46,47)27-12-8-11-26(20-27)41(44)45/h3-21,33H,2H2,1H3/b30-19-/t33-/m1/s1. The number of thiazole rings is 1. The van der Waals surface area contributed by atoms with Crippen LogP contribution in [0.15, 0.2) is 130 Å². The first-order valence-electron chi connectivity index (χ1n) is 15.2. The van der Waals surface area contributed by atoms with E-state index in [0.29, 0.717) is 27.8 Å². The number of benzene rings is 4. The van der Waals surface area contributed by atoms with Crippen molar-refractivity contribution in [2.75, 3.05) is 6.61 Å².